The number of amides is 2. The van der Waals surface area contributed by atoms with Crippen LogP contribution in [0.25, 0.3) is 0 Å². The molecule has 1 atom stereocenters. The highest BCUT2D eigenvalue weighted by Gasteiger charge is 2.28. The van der Waals surface area contributed by atoms with Crippen LogP contribution < -0.4 is 5.32 Å². The Morgan fingerprint density at radius 2 is 1.76 bits per heavy atom. The first-order valence-electron chi connectivity index (χ1n) is 9.67. The summed E-state index contributed by atoms with van der Waals surface area (Å²) in [6, 6.07) is 10.2. The van der Waals surface area contributed by atoms with Crippen molar-refractivity contribution in [2.75, 3.05) is 31.5 Å². The number of benzene rings is 2. The molecule has 2 amide bonds. The van der Waals surface area contributed by atoms with Gasteiger partial charge in [0.25, 0.3) is 0 Å². The van der Waals surface area contributed by atoms with Gasteiger partial charge in [-0.3, -0.25) is 14.5 Å². The van der Waals surface area contributed by atoms with Crippen LogP contribution in [0.1, 0.15) is 18.1 Å². The minimum absolute atomic E-state index is 0.0675. The van der Waals surface area contributed by atoms with Crippen molar-refractivity contribution in [3.63, 3.8) is 0 Å². The molecule has 1 aliphatic heterocycles. The van der Waals surface area contributed by atoms with Crippen LogP contribution in [0, 0.1) is 18.6 Å². The highest BCUT2D eigenvalue weighted by Crippen LogP contribution is 2.17. The topological polar surface area (TPSA) is 52.7 Å². The molecule has 29 heavy (non-hydrogen) atoms. The van der Waals surface area contributed by atoms with Crippen LogP contribution >= 0.6 is 0 Å². The highest BCUT2D eigenvalue weighted by molar-refractivity contribution is 5.94. The van der Waals surface area contributed by atoms with Crippen LogP contribution in [0.3, 0.4) is 0 Å². The SMILES string of the molecule is Cc1ccccc1CC(=O)N1CCN(C(C)C(=O)Nc2cc(F)ccc2F)CC1. The van der Waals surface area contributed by atoms with E-state index in [2.05, 4.69) is 5.32 Å². The molecule has 0 bridgehead atoms. The molecule has 1 unspecified atom stereocenters. The number of carbonyl (C=O) groups is 2. The Morgan fingerprint density at radius 3 is 2.45 bits per heavy atom. The normalized spacial score (nSPS) is 15.8. The van der Waals surface area contributed by atoms with Gasteiger partial charge >= 0.3 is 0 Å². The number of halogens is 2. The third-order valence-electron chi connectivity index (χ3n) is 5.38. The molecule has 1 N–H and O–H groups in total. The molecule has 7 heteroatoms. The minimum Gasteiger partial charge on any atom is -0.340 e. The van der Waals surface area contributed by atoms with E-state index in [9.17, 15) is 18.4 Å². The smallest absolute Gasteiger partial charge is 0.241 e. The summed E-state index contributed by atoms with van der Waals surface area (Å²) < 4.78 is 27.0. The second-order valence-corrected chi connectivity index (χ2v) is 7.31. The van der Waals surface area contributed by atoms with E-state index in [1.165, 1.54) is 0 Å². The molecule has 1 saturated heterocycles. The standard InChI is InChI=1S/C22H25F2N3O2/c1-15-5-3-4-6-17(15)13-21(28)27-11-9-26(10-12-27)16(2)22(29)25-20-14-18(23)7-8-19(20)24/h3-8,14,16H,9-13H2,1-2H3,(H,25,29). The second kappa shape index (κ2) is 9.13. The van der Waals surface area contributed by atoms with Crippen LogP contribution in [0.5, 0.6) is 0 Å². The molecular weight excluding hydrogens is 376 g/mol. The number of nitrogens with one attached hydrogen (secondary N) is 1. The summed E-state index contributed by atoms with van der Waals surface area (Å²) >= 11 is 0. The lowest BCUT2D eigenvalue weighted by Crippen LogP contribution is -2.54. The van der Waals surface area contributed by atoms with E-state index < -0.39 is 23.6 Å². The lowest BCUT2D eigenvalue weighted by Gasteiger charge is -2.37. The van der Waals surface area contributed by atoms with E-state index >= 15 is 0 Å². The zero-order valence-electron chi connectivity index (χ0n) is 16.6. The molecular formula is C22H25F2N3O2. The molecule has 0 aliphatic carbocycles. The minimum atomic E-state index is -0.682. The van der Waals surface area contributed by atoms with Crippen LogP contribution in [0.15, 0.2) is 42.5 Å². The lowest BCUT2D eigenvalue weighted by molar-refractivity contribution is -0.133. The third kappa shape index (κ3) is 5.17. The summed E-state index contributed by atoms with van der Waals surface area (Å²) in [7, 11) is 0. The molecule has 1 fully saturated rings. The molecule has 3 rings (SSSR count). The van der Waals surface area contributed by atoms with Gasteiger partial charge in [-0.05, 0) is 37.1 Å². The monoisotopic (exact) mass is 401 g/mol. The number of anilines is 1. The Bertz CT molecular complexity index is 895. The fourth-order valence-corrected chi connectivity index (χ4v) is 3.44. The first kappa shape index (κ1) is 20.9. The summed E-state index contributed by atoms with van der Waals surface area (Å²) in [5.74, 6) is -1.64. The molecule has 0 aromatic heterocycles. The molecule has 2 aromatic rings. The van der Waals surface area contributed by atoms with Gasteiger partial charge in [-0.15, -0.1) is 0 Å². The molecule has 0 radical (unpaired) electrons. The van der Waals surface area contributed by atoms with Crippen molar-refractivity contribution in [3.8, 4) is 0 Å². The maximum absolute atomic E-state index is 13.7. The Morgan fingerprint density at radius 1 is 1.07 bits per heavy atom. The van der Waals surface area contributed by atoms with Crippen LogP contribution in [0.4, 0.5) is 14.5 Å². The summed E-state index contributed by atoms with van der Waals surface area (Å²) in [6.45, 7) is 5.84. The molecule has 154 valence electrons. The Balaban J connectivity index is 1.53. The predicted molar refractivity (Wildman–Crippen MR) is 107 cm³/mol. The summed E-state index contributed by atoms with van der Waals surface area (Å²) in [5.41, 5.74) is 1.94. The van der Waals surface area contributed by atoms with Gasteiger partial charge < -0.3 is 10.2 Å². The van der Waals surface area contributed by atoms with Crippen molar-refractivity contribution < 1.29 is 18.4 Å². The van der Waals surface area contributed by atoms with Gasteiger partial charge in [-0.25, -0.2) is 8.78 Å². The maximum Gasteiger partial charge on any atom is 0.241 e. The average molecular weight is 401 g/mol. The fraction of sp³-hybridized carbons (Fsp3) is 0.364. The summed E-state index contributed by atoms with van der Waals surface area (Å²) in [5, 5.41) is 2.44. The predicted octanol–water partition coefficient (Wildman–Crippen LogP) is 2.99. The number of carbonyl (C=O) groups excluding carboxylic acids is 2. The summed E-state index contributed by atoms with van der Waals surface area (Å²) in [6.07, 6.45) is 0.363. The number of hydrogen-bond donors (Lipinski definition) is 1. The first-order chi connectivity index (χ1) is 13.8. The molecule has 0 saturated carbocycles. The zero-order chi connectivity index (χ0) is 21.0. The van der Waals surface area contributed by atoms with E-state index in [-0.39, 0.29) is 11.6 Å². The van der Waals surface area contributed by atoms with E-state index in [0.29, 0.717) is 32.6 Å². The second-order valence-electron chi connectivity index (χ2n) is 7.31. The van der Waals surface area contributed by atoms with Crippen molar-refractivity contribution in [1.29, 1.82) is 0 Å². The summed E-state index contributed by atoms with van der Waals surface area (Å²) in [4.78, 5) is 28.8. The first-order valence-corrected chi connectivity index (χ1v) is 9.67. The molecule has 1 heterocycles. The van der Waals surface area contributed by atoms with Crippen LogP contribution in [-0.4, -0.2) is 53.8 Å². The molecule has 0 spiro atoms. The van der Waals surface area contributed by atoms with Gasteiger partial charge in [0, 0.05) is 32.2 Å². The number of hydrogen-bond acceptors (Lipinski definition) is 3. The Hall–Kier alpha value is -2.80. The number of nitrogens with zero attached hydrogens (tertiary/aromatic N) is 2. The zero-order valence-corrected chi connectivity index (χ0v) is 16.6. The van der Waals surface area contributed by atoms with Gasteiger partial charge in [0.15, 0.2) is 0 Å². The highest BCUT2D eigenvalue weighted by atomic mass is 19.1. The quantitative estimate of drug-likeness (QED) is 0.838. The molecule has 1 aliphatic rings. The van der Waals surface area contributed by atoms with Crippen LogP contribution in [-0.2, 0) is 16.0 Å². The van der Waals surface area contributed by atoms with Crippen molar-refractivity contribution >= 4 is 17.5 Å². The van der Waals surface area contributed by atoms with Gasteiger partial charge in [-0.1, -0.05) is 24.3 Å². The van der Waals surface area contributed by atoms with Crippen molar-refractivity contribution in [3.05, 3.63) is 65.2 Å². The lowest BCUT2D eigenvalue weighted by atomic mass is 10.0. The number of piperazine rings is 1. The Labute approximate surface area is 169 Å². The van der Waals surface area contributed by atoms with E-state index in [4.69, 9.17) is 0 Å². The largest absolute Gasteiger partial charge is 0.340 e. The Kier molecular flexibility index (Phi) is 6.59. The van der Waals surface area contributed by atoms with Gasteiger partial charge in [0.1, 0.15) is 11.6 Å². The maximum atomic E-state index is 13.7. The van der Waals surface area contributed by atoms with Gasteiger partial charge in [0.05, 0.1) is 18.2 Å². The van der Waals surface area contributed by atoms with Crippen molar-refractivity contribution in [1.82, 2.24) is 9.80 Å². The molecule has 2 aromatic carbocycles. The number of aryl methyl sites for hydroxylation is 1. The van der Waals surface area contributed by atoms with Gasteiger partial charge in [-0.2, -0.15) is 0 Å². The molecule has 5 nitrogen and oxygen atoms in total. The average Bonchev–Trinajstić information content (AvgIpc) is 2.72. The van der Waals surface area contributed by atoms with Crippen molar-refractivity contribution in [2.24, 2.45) is 0 Å². The van der Waals surface area contributed by atoms with Gasteiger partial charge in [0.2, 0.25) is 11.8 Å². The van der Waals surface area contributed by atoms with E-state index in [1.807, 2.05) is 36.1 Å². The number of rotatable bonds is 5. The van der Waals surface area contributed by atoms with E-state index in [0.717, 1.165) is 29.3 Å². The fourth-order valence-electron chi connectivity index (χ4n) is 3.44. The van der Waals surface area contributed by atoms with Crippen LogP contribution in [0.2, 0.25) is 0 Å². The van der Waals surface area contributed by atoms with E-state index in [1.54, 1.807) is 11.8 Å². The third-order valence-corrected chi connectivity index (χ3v) is 5.38. The van der Waals surface area contributed by atoms with Crippen molar-refractivity contribution in [2.45, 2.75) is 26.3 Å².